The Morgan fingerprint density at radius 1 is 1.14 bits per heavy atom. The normalized spacial score (nSPS) is 14.2. The summed E-state index contributed by atoms with van der Waals surface area (Å²) in [5.41, 5.74) is -0.132. The van der Waals surface area contributed by atoms with E-state index in [1.807, 2.05) is 0 Å². The first-order valence-electron chi connectivity index (χ1n) is 10.1. The van der Waals surface area contributed by atoms with E-state index >= 15 is 0 Å². The number of aromatic hydroxyl groups is 1. The molecule has 35 heavy (non-hydrogen) atoms. The molecular formula is C24H16FN3O7. The van der Waals surface area contributed by atoms with E-state index in [1.54, 1.807) is 0 Å². The number of hydrogen-bond acceptors (Lipinski definition) is 7. The molecule has 1 aliphatic heterocycles. The van der Waals surface area contributed by atoms with Crippen LogP contribution in [0.15, 0.2) is 77.4 Å². The van der Waals surface area contributed by atoms with Crippen LogP contribution >= 0.6 is 0 Å². The first-order valence-corrected chi connectivity index (χ1v) is 10.1. The molecule has 0 saturated carbocycles. The number of rotatable bonds is 7. The third kappa shape index (κ3) is 4.98. The topological polar surface area (TPSA) is 143 Å². The van der Waals surface area contributed by atoms with E-state index in [1.165, 1.54) is 66.7 Å². The van der Waals surface area contributed by atoms with Crippen molar-refractivity contribution in [3.8, 4) is 11.5 Å². The van der Waals surface area contributed by atoms with Crippen molar-refractivity contribution in [3.63, 3.8) is 0 Å². The number of hydrogen-bond donors (Lipinski definition) is 2. The molecule has 0 spiro atoms. The third-order valence-electron chi connectivity index (χ3n) is 4.97. The molecule has 0 unspecified atom stereocenters. The Morgan fingerprint density at radius 3 is 2.54 bits per heavy atom. The maximum absolute atomic E-state index is 13.0. The van der Waals surface area contributed by atoms with Gasteiger partial charge in [-0.25, -0.2) is 9.18 Å². The van der Waals surface area contributed by atoms with E-state index in [4.69, 9.17) is 4.74 Å². The molecule has 2 N–H and O–H groups in total. The second-order valence-electron chi connectivity index (χ2n) is 7.35. The first-order chi connectivity index (χ1) is 16.7. The molecule has 0 aromatic heterocycles. The van der Waals surface area contributed by atoms with Gasteiger partial charge < -0.3 is 14.9 Å². The summed E-state index contributed by atoms with van der Waals surface area (Å²) in [6.07, 6.45) is 1.23. The van der Waals surface area contributed by atoms with Crippen molar-refractivity contribution in [2.75, 3.05) is 5.01 Å². The van der Waals surface area contributed by atoms with E-state index < -0.39 is 22.5 Å². The number of anilines is 1. The number of nitro benzene ring substituents is 1. The monoisotopic (exact) mass is 477 g/mol. The van der Waals surface area contributed by atoms with E-state index in [0.29, 0.717) is 5.56 Å². The van der Waals surface area contributed by atoms with Crippen LogP contribution in [0.4, 0.5) is 15.8 Å². The number of carboxylic acid groups (broad SMARTS) is 1. The second-order valence-corrected chi connectivity index (χ2v) is 7.35. The van der Waals surface area contributed by atoms with Gasteiger partial charge in [-0.15, -0.1) is 0 Å². The van der Waals surface area contributed by atoms with E-state index in [-0.39, 0.29) is 46.4 Å². The van der Waals surface area contributed by atoms with E-state index in [9.17, 15) is 34.3 Å². The summed E-state index contributed by atoms with van der Waals surface area (Å²) in [7, 11) is 0. The molecule has 0 radical (unpaired) electrons. The average molecular weight is 477 g/mol. The van der Waals surface area contributed by atoms with Crippen molar-refractivity contribution in [1.29, 1.82) is 0 Å². The van der Waals surface area contributed by atoms with Gasteiger partial charge in [-0.05, 0) is 47.5 Å². The number of nitro groups is 1. The molecule has 0 fully saturated rings. The number of nitrogens with zero attached hydrogens (tertiary/aromatic N) is 3. The van der Waals surface area contributed by atoms with Crippen LogP contribution < -0.4 is 9.75 Å². The molecular weight excluding hydrogens is 461 g/mol. The van der Waals surface area contributed by atoms with Crippen molar-refractivity contribution in [2.24, 2.45) is 5.10 Å². The van der Waals surface area contributed by atoms with Crippen LogP contribution in [0.3, 0.4) is 0 Å². The molecule has 0 bridgehead atoms. The van der Waals surface area contributed by atoms with E-state index in [0.717, 1.165) is 11.1 Å². The van der Waals surface area contributed by atoms with Crippen LogP contribution in [0.1, 0.15) is 11.1 Å². The number of hydrazone groups is 1. The Hall–Kier alpha value is -5.06. The maximum Gasteiger partial charge on any atom is 0.357 e. The van der Waals surface area contributed by atoms with Crippen LogP contribution in [-0.4, -0.2) is 32.7 Å². The number of carboxylic acids is 1. The van der Waals surface area contributed by atoms with Crippen molar-refractivity contribution < 1.29 is 33.9 Å². The minimum absolute atomic E-state index is 0.0266. The van der Waals surface area contributed by atoms with Crippen LogP contribution in [0.2, 0.25) is 0 Å². The fourth-order valence-corrected chi connectivity index (χ4v) is 3.27. The Kier molecular flexibility index (Phi) is 6.23. The Balaban J connectivity index is 1.58. The zero-order valence-electron chi connectivity index (χ0n) is 17.8. The van der Waals surface area contributed by atoms with E-state index in [2.05, 4.69) is 5.10 Å². The summed E-state index contributed by atoms with van der Waals surface area (Å²) >= 11 is 0. The van der Waals surface area contributed by atoms with Gasteiger partial charge in [0.1, 0.15) is 12.4 Å². The van der Waals surface area contributed by atoms with Crippen molar-refractivity contribution in [2.45, 2.75) is 6.61 Å². The molecule has 1 heterocycles. The van der Waals surface area contributed by atoms with Crippen LogP contribution in [0.5, 0.6) is 11.5 Å². The lowest BCUT2D eigenvalue weighted by Crippen LogP contribution is -2.22. The van der Waals surface area contributed by atoms with Crippen LogP contribution in [-0.2, 0) is 16.2 Å². The molecule has 3 aromatic rings. The number of carbonyl (C=O) groups is 2. The molecule has 0 aliphatic carbocycles. The number of amides is 1. The molecule has 176 valence electrons. The van der Waals surface area contributed by atoms with Gasteiger partial charge in [0.05, 0.1) is 16.2 Å². The highest BCUT2D eigenvalue weighted by molar-refractivity contribution is 6.53. The lowest BCUT2D eigenvalue weighted by Gasteiger charge is -2.11. The molecule has 11 heteroatoms. The summed E-state index contributed by atoms with van der Waals surface area (Å²) in [4.78, 5) is 35.0. The third-order valence-corrected chi connectivity index (χ3v) is 4.97. The minimum atomic E-state index is -1.47. The highest BCUT2D eigenvalue weighted by atomic mass is 19.1. The number of halogens is 1. The zero-order chi connectivity index (χ0) is 25.1. The molecule has 1 aliphatic rings. The van der Waals surface area contributed by atoms with Crippen LogP contribution in [0, 0.1) is 15.9 Å². The summed E-state index contributed by atoms with van der Waals surface area (Å²) in [6, 6.07) is 14.9. The molecule has 10 nitrogen and oxygen atoms in total. The Labute approximate surface area is 197 Å². The fraction of sp³-hybridized carbons (Fsp3) is 0.0417. The highest BCUT2D eigenvalue weighted by Gasteiger charge is 2.35. The molecule has 4 rings (SSSR count). The van der Waals surface area contributed by atoms with Crippen molar-refractivity contribution >= 4 is 35.0 Å². The van der Waals surface area contributed by atoms with Gasteiger partial charge >= 0.3 is 5.97 Å². The van der Waals surface area contributed by atoms with Gasteiger partial charge in [-0.3, -0.25) is 14.9 Å². The quantitative estimate of drug-likeness (QED) is 0.299. The Morgan fingerprint density at radius 2 is 1.89 bits per heavy atom. The van der Waals surface area contributed by atoms with Gasteiger partial charge in [0.2, 0.25) is 0 Å². The zero-order valence-corrected chi connectivity index (χ0v) is 17.8. The Bertz CT molecular complexity index is 1400. The molecule has 3 aromatic carbocycles. The van der Waals surface area contributed by atoms with Gasteiger partial charge in [0.25, 0.3) is 11.6 Å². The molecule has 0 atom stereocenters. The standard InChI is InChI=1S/C24H16FN3O7/c25-16-7-4-14(5-8-16)13-35-21-9-6-15(11-20(21)29)10-19-22(24(31)32)26-27(23(19)30)17-2-1-3-18(12-17)28(33)34/h1-12,29H,13H2,(H,31,32)/b19-10-. The lowest BCUT2D eigenvalue weighted by molar-refractivity contribution is -0.384. The fourth-order valence-electron chi connectivity index (χ4n) is 3.27. The predicted octanol–water partition coefficient (Wildman–Crippen LogP) is 3.89. The molecule has 1 amide bonds. The smallest absolute Gasteiger partial charge is 0.357 e. The number of ether oxygens (including phenoxy) is 1. The first kappa shape index (κ1) is 23.1. The molecule has 0 saturated heterocycles. The predicted molar refractivity (Wildman–Crippen MR) is 122 cm³/mol. The number of carbonyl (C=O) groups excluding carboxylic acids is 1. The summed E-state index contributed by atoms with van der Waals surface area (Å²) < 4.78 is 18.5. The van der Waals surface area contributed by atoms with Crippen molar-refractivity contribution in [3.05, 3.63) is 99.4 Å². The van der Waals surface area contributed by atoms with Gasteiger partial charge in [-0.1, -0.05) is 24.3 Å². The van der Waals surface area contributed by atoms with Crippen LogP contribution in [0.25, 0.3) is 6.08 Å². The number of phenols is 1. The number of benzene rings is 3. The van der Waals surface area contributed by atoms with Crippen molar-refractivity contribution in [1.82, 2.24) is 0 Å². The number of aliphatic carboxylic acids is 1. The summed E-state index contributed by atoms with van der Waals surface area (Å²) in [5, 5.41) is 35.5. The summed E-state index contributed by atoms with van der Waals surface area (Å²) in [5.74, 6) is -2.81. The highest BCUT2D eigenvalue weighted by Crippen LogP contribution is 2.31. The number of non-ortho nitro benzene ring substituents is 1. The summed E-state index contributed by atoms with van der Waals surface area (Å²) in [6.45, 7) is 0.0702. The lowest BCUT2D eigenvalue weighted by atomic mass is 10.1. The SMILES string of the molecule is O=C(O)C1=NN(c2cccc([N+](=O)[O-])c2)C(=O)/C1=C\c1ccc(OCc2ccc(F)cc2)c(O)c1. The minimum Gasteiger partial charge on any atom is -0.504 e. The number of phenolic OH excluding ortho intramolecular Hbond substituents is 1. The van der Waals surface area contributed by atoms with Gasteiger partial charge in [0, 0.05) is 12.1 Å². The average Bonchev–Trinajstić information content (AvgIpc) is 3.16. The van der Waals surface area contributed by atoms with Gasteiger partial charge in [0.15, 0.2) is 17.2 Å². The van der Waals surface area contributed by atoms with Gasteiger partial charge in [-0.2, -0.15) is 10.1 Å². The largest absolute Gasteiger partial charge is 0.504 e. The maximum atomic E-state index is 13.0. The second kappa shape index (κ2) is 9.43.